The third-order valence-corrected chi connectivity index (χ3v) is 3.94. The predicted octanol–water partition coefficient (Wildman–Crippen LogP) is 2.15. The van der Waals surface area contributed by atoms with Crippen LogP contribution in [0.5, 0.6) is 0 Å². The molecule has 0 fully saturated rings. The summed E-state index contributed by atoms with van der Waals surface area (Å²) in [4.78, 5) is 20.8. The van der Waals surface area contributed by atoms with Crippen LogP contribution in [0.4, 0.5) is 0 Å². The normalized spacial score (nSPS) is 12.4. The van der Waals surface area contributed by atoms with E-state index in [2.05, 4.69) is 15.3 Å². The van der Waals surface area contributed by atoms with E-state index in [1.807, 2.05) is 59.6 Å². The Hall–Kier alpha value is -2.63. The van der Waals surface area contributed by atoms with Crippen LogP contribution in [0.2, 0.25) is 0 Å². The molecule has 0 saturated carbocycles. The minimum absolute atomic E-state index is 0.0503. The maximum Gasteiger partial charge on any atom is 0.222 e. The van der Waals surface area contributed by atoms with Crippen LogP contribution in [0.25, 0.3) is 5.65 Å². The lowest BCUT2D eigenvalue weighted by Gasteiger charge is -2.14. The Bertz CT molecular complexity index is 771. The number of carbonyl (C=O) groups is 1. The van der Waals surface area contributed by atoms with Crippen LogP contribution in [0.3, 0.4) is 0 Å². The molecule has 0 radical (unpaired) electrons. The van der Waals surface area contributed by atoms with E-state index in [1.165, 1.54) is 0 Å². The summed E-state index contributed by atoms with van der Waals surface area (Å²) >= 11 is 0. The van der Waals surface area contributed by atoms with Crippen molar-refractivity contribution < 1.29 is 4.79 Å². The summed E-state index contributed by atoms with van der Waals surface area (Å²) in [6.45, 7) is 4.56. The maximum absolute atomic E-state index is 12.1. The van der Waals surface area contributed by atoms with E-state index in [4.69, 9.17) is 0 Å². The molecular weight excluding hydrogens is 290 g/mol. The van der Waals surface area contributed by atoms with Crippen LogP contribution in [0, 0.1) is 6.92 Å². The molecule has 0 aliphatic carbocycles. The van der Waals surface area contributed by atoms with E-state index < -0.39 is 0 Å². The summed E-state index contributed by atoms with van der Waals surface area (Å²) in [7, 11) is 0. The Labute approximate surface area is 135 Å². The van der Waals surface area contributed by atoms with Crippen molar-refractivity contribution >= 4 is 11.6 Å². The first-order valence-corrected chi connectivity index (χ1v) is 7.82. The van der Waals surface area contributed by atoms with Gasteiger partial charge in [0.15, 0.2) is 0 Å². The lowest BCUT2D eigenvalue weighted by Crippen LogP contribution is -2.28. The van der Waals surface area contributed by atoms with Crippen molar-refractivity contribution in [1.82, 2.24) is 24.3 Å². The summed E-state index contributed by atoms with van der Waals surface area (Å²) in [5.74, 6) is 0.976. The van der Waals surface area contributed by atoms with Crippen molar-refractivity contribution in [2.24, 2.45) is 0 Å². The highest BCUT2D eigenvalue weighted by molar-refractivity contribution is 5.76. The zero-order valence-corrected chi connectivity index (χ0v) is 13.4. The lowest BCUT2D eigenvalue weighted by molar-refractivity contribution is -0.121. The van der Waals surface area contributed by atoms with Gasteiger partial charge in [0.1, 0.15) is 11.5 Å². The molecule has 0 bridgehead atoms. The Morgan fingerprint density at radius 3 is 2.96 bits per heavy atom. The summed E-state index contributed by atoms with van der Waals surface area (Å²) in [6, 6.07) is 6.01. The van der Waals surface area contributed by atoms with E-state index in [-0.39, 0.29) is 11.9 Å². The zero-order chi connectivity index (χ0) is 16.2. The Morgan fingerprint density at radius 1 is 1.35 bits per heavy atom. The van der Waals surface area contributed by atoms with Crippen LogP contribution >= 0.6 is 0 Å². The number of hydrogen-bond donors (Lipinski definition) is 1. The average Bonchev–Trinajstić information content (AvgIpc) is 3.12. The molecule has 3 rings (SSSR count). The molecule has 6 heteroatoms. The standard InChI is InChI=1S/C17H21N5O/c1-13(22-10-8-18-14(22)2)11-17(23)19-7-6-15-12-21-9-4-3-5-16(21)20-15/h3-5,8-10,12-13H,6-7,11H2,1-2H3,(H,19,23). The van der Waals surface area contributed by atoms with Gasteiger partial charge in [0.05, 0.1) is 5.69 Å². The zero-order valence-electron chi connectivity index (χ0n) is 13.4. The first-order chi connectivity index (χ1) is 11.1. The molecule has 3 aromatic rings. The molecule has 3 heterocycles. The largest absolute Gasteiger partial charge is 0.356 e. The fraction of sp³-hybridized carbons (Fsp3) is 0.353. The quantitative estimate of drug-likeness (QED) is 0.758. The Balaban J connectivity index is 1.48. The molecule has 0 aromatic carbocycles. The third-order valence-electron chi connectivity index (χ3n) is 3.94. The fourth-order valence-electron chi connectivity index (χ4n) is 2.73. The fourth-order valence-corrected chi connectivity index (χ4v) is 2.73. The number of amides is 1. The van der Waals surface area contributed by atoms with Crippen molar-refractivity contribution in [3.8, 4) is 0 Å². The maximum atomic E-state index is 12.1. The van der Waals surface area contributed by atoms with Gasteiger partial charge in [0.25, 0.3) is 0 Å². The molecule has 6 nitrogen and oxygen atoms in total. The van der Waals surface area contributed by atoms with Gasteiger partial charge >= 0.3 is 0 Å². The first-order valence-electron chi connectivity index (χ1n) is 7.82. The number of aromatic nitrogens is 4. The monoisotopic (exact) mass is 311 g/mol. The van der Waals surface area contributed by atoms with Gasteiger partial charge in [-0.05, 0) is 26.0 Å². The highest BCUT2D eigenvalue weighted by Gasteiger charge is 2.12. The molecule has 0 aliphatic rings. The van der Waals surface area contributed by atoms with Crippen LogP contribution in [-0.2, 0) is 11.2 Å². The van der Waals surface area contributed by atoms with Crippen LogP contribution < -0.4 is 5.32 Å². The SMILES string of the molecule is Cc1nccn1C(C)CC(=O)NCCc1cn2ccccc2n1. The molecule has 0 saturated heterocycles. The minimum atomic E-state index is 0.0503. The van der Waals surface area contributed by atoms with Crippen molar-refractivity contribution in [3.05, 3.63) is 54.5 Å². The molecule has 1 amide bonds. The van der Waals surface area contributed by atoms with E-state index in [1.54, 1.807) is 6.20 Å². The number of aryl methyl sites for hydroxylation is 1. The molecule has 1 N–H and O–H groups in total. The number of hydrogen-bond acceptors (Lipinski definition) is 3. The van der Waals surface area contributed by atoms with Gasteiger partial charge in [-0.25, -0.2) is 9.97 Å². The lowest BCUT2D eigenvalue weighted by atomic mass is 10.2. The van der Waals surface area contributed by atoms with Crippen LogP contribution in [0.1, 0.15) is 30.9 Å². The van der Waals surface area contributed by atoms with Gasteiger partial charge in [0.2, 0.25) is 5.91 Å². The summed E-state index contributed by atoms with van der Waals surface area (Å²) in [5.41, 5.74) is 1.91. The average molecular weight is 311 g/mol. The van der Waals surface area contributed by atoms with Gasteiger partial charge in [0, 0.05) is 50.2 Å². The number of imidazole rings is 2. The molecule has 1 atom stereocenters. The van der Waals surface area contributed by atoms with Gasteiger partial charge in [-0.3, -0.25) is 4.79 Å². The van der Waals surface area contributed by atoms with Gasteiger partial charge in [-0.1, -0.05) is 6.07 Å². The van der Waals surface area contributed by atoms with Crippen LogP contribution in [0.15, 0.2) is 43.0 Å². The van der Waals surface area contributed by atoms with Crippen molar-refractivity contribution in [3.63, 3.8) is 0 Å². The van der Waals surface area contributed by atoms with Crippen molar-refractivity contribution in [2.75, 3.05) is 6.54 Å². The predicted molar refractivity (Wildman–Crippen MR) is 88.2 cm³/mol. The van der Waals surface area contributed by atoms with Crippen molar-refractivity contribution in [1.29, 1.82) is 0 Å². The minimum Gasteiger partial charge on any atom is -0.356 e. The number of nitrogens with one attached hydrogen (secondary N) is 1. The number of nitrogens with zero attached hydrogens (tertiary/aromatic N) is 4. The van der Waals surface area contributed by atoms with E-state index in [0.29, 0.717) is 13.0 Å². The van der Waals surface area contributed by atoms with Crippen LogP contribution in [-0.4, -0.2) is 31.4 Å². The second-order valence-electron chi connectivity index (χ2n) is 5.73. The number of rotatable bonds is 6. The van der Waals surface area contributed by atoms with Crippen molar-refractivity contribution in [2.45, 2.75) is 32.7 Å². The summed E-state index contributed by atoms with van der Waals surface area (Å²) in [6.07, 6.45) is 8.81. The second kappa shape index (κ2) is 6.64. The summed E-state index contributed by atoms with van der Waals surface area (Å²) < 4.78 is 4.00. The Kier molecular flexibility index (Phi) is 4.41. The Morgan fingerprint density at radius 2 is 2.22 bits per heavy atom. The van der Waals surface area contributed by atoms with Gasteiger partial charge in [-0.15, -0.1) is 0 Å². The molecule has 0 aliphatic heterocycles. The number of carbonyl (C=O) groups excluding carboxylic acids is 1. The molecule has 23 heavy (non-hydrogen) atoms. The second-order valence-corrected chi connectivity index (χ2v) is 5.73. The first kappa shape index (κ1) is 15.3. The highest BCUT2D eigenvalue weighted by Crippen LogP contribution is 2.12. The van der Waals surface area contributed by atoms with Gasteiger partial charge in [-0.2, -0.15) is 0 Å². The molecule has 0 spiro atoms. The van der Waals surface area contributed by atoms with E-state index in [9.17, 15) is 4.79 Å². The topological polar surface area (TPSA) is 64.2 Å². The van der Waals surface area contributed by atoms with E-state index >= 15 is 0 Å². The molecular formula is C17H21N5O. The molecule has 120 valence electrons. The highest BCUT2D eigenvalue weighted by atomic mass is 16.1. The molecule has 1 unspecified atom stereocenters. The van der Waals surface area contributed by atoms with E-state index in [0.717, 1.165) is 23.6 Å². The number of fused-ring (bicyclic) bond motifs is 1. The third kappa shape index (κ3) is 3.59. The summed E-state index contributed by atoms with van der Waals surface area (Å²) in [5, 5.41) is 2.97. The number of pyridine rings is 1. The molecule has 3 aromatic heterocycles. The smallest absolute Gasteiger partial charge is 0.222 e. The van der Waals surface area contributed by atoms with Gasteiger partial charge < -0.3 is 14.3 Å².